The normalized spacial score (nSPS) is 19.7. The summed E-state index contributed by atoms with van der Waals surface area (Å²) in [7, 11) is 0. The van der Waals surface area contributed by atoms with Gasteiger partial charge in [0.25, 0.3) is 5.91 Å². The summed E-state index contributed by atoms with van der Waals surface area (Å²) < 4.78 is 0. The average Bonchev–Trinajstić information content (AvgIpc) is 2.67. The molecule has 0 fully saturated rings. The molecule has 1 aromatic heterocycles. The van der Waals surface area contributed by atoms with E-state index in [-0.39, 0.29) is 11.8 Å². The molecule has 1 unspecified atom stereocenters. The van der Waals surface area contributed by atoms with Crippen molar-refractivity contribution in [1.29, 1.82) is 0 Å². The van der Waals surface area contributed by atoms with E-state index in [0.717, 1.165) is 12.8 Å². The fraction of sp³-hybridized carbons (Fsp3) is 0.455. The number of rotatable bonds is 3. The topological polar surface area (TPSA) is 74.0 Å². The van der Waals surface area contributed by atoms with Crippen molar-refractivity contribution >= 4 is 17.5 Å². The molecule has 0 aliphatic carbocycles. The lowest BCUT2D eigenvalue weighted by Gasteiger charge is -2.13. The monoisotopic (exact) mass is 221 g/mol. The standard InChI is InChI=1S/C11H15N3O2/c1-2-3-4-8-10(15)13-7-5-6-12-9(7)11(16)14-8/h5-6,8,12H,2-4H2,1H3,(H,13,15)(H,14,16). The number of anilines is 1. The van der Waals surface area contributed by atoms with Gasteiger partial charge in [0.05, 0.1) is 5.69 Å². The van der Waals surface area contributed by atoms with Crippen molar-refractivity contribution in [3.05, 3.63) is 18.0 Å². The molecule has 2 amide bonds. The molecule has 5 heteroatoms. The molecule has 1 aliphatic rings. The Bertz CT molecular complexity index is 411. The first-order valence-corrected chi connectivity index (χ1v) is 5.51. The number of amides is 2. The summed E-state index contributed by atoms with van der Waals surface area (Å²) in [4.78, 5) is 26.4. The molecule has 86 valence electrons. The molecule has 0 saturated heterocycles. The number of H-pyrrole nitrogens is 1. The van der Waals surface area contributed by atoms with Gasteiger partial charge < -0.3 is 15.6 Å². The second-order valence-corrected chi connectivity index (χ2v) is 3.92. The Balaban J connectivity index is 2.16. The highest BCUT2D eigenvalue weighted by atomic mass is 16.2. The van der Waals surface area contributed by atoms with Crippen molar-refractivity contribution in [2.45, 2.75) is 32.2 Å². The molecule has 16 heavy (non-hydrogen) atoms. The van der Waals surface area contributed by atoms with Crippen LogP contribution in [0.25, 0.3) is 0 Å². The van der Waals surface area contributed by atoms with Crippen molar-refractivity contribution in [1.82, 2.24) is 10.3 Å². The molecule has 0 saturated carbocycles. The van der Waals surface area contributed by atoms with Crippen LogP contribution in [0.15, 0.2) is 12.3 Å². The Labute approximate surface area is 93.6 Å². The van der Waals surface area contributed by atoms with Crippen molar-refractivity contribution in [2.75, 3.05) is 5.32 Å². The third kappa shape index (κ3) is 1.93. The number of nitrogens with one attached hydrogen (secondary N) is 3. The van der Waals surface area contributed by atoms with Crippen LogP contribution in [0.1, 0.15) is 36.7 Å². The highest BCUT2D eigenvalue weighted by Crippen LogP contribution is 2.18. The lowest BCUT2D eigenvalue weighted by Crippen LogP contribution is -2.41. The van der Waals surface area contributed by atoms with Gasteiger partial charge in [-0.3, -0.25) is 9.59 Å². The van der Waals surface area contributed by atoms with Gasteiger partial charge in [-0.25, -0.2) is 0 Å². The Morgan fingerprint density at radius 2 is 2.19 bits per heavy atom. The Morgan fingerprint density at radius 1 is 1.38 bits per heavy atom. The first kappa shape index (κ1) is 10.7. The molecule has 1 aliphatic heterocycles. The highest BCUT2D eigenvalue weighted by Gasteiger charge is 2.27. The van der Waals surface area contributed by atoms with Crippen molar-refractivity contribution in [3.63, 3.8) is 0 Å². The molecule has 5 nitrogen and oxygen atoms in total. The van der Waals surface area contributed by atoms with Crippen LogP contribution in [0.3, 0.4) is 0 Å². The third-order valence-corrected chi connectivity index (χ3v) is 2.70. The summed E-state index contributed by atoms with van der Waals surface area (Å²) in [6.07, 6.45) is 4.24. The average molecular weight is 221 g/mol. The van der Waals surface area contributed by atoms with E-state index in [0.29, 0.717) is 17.8 Å². The third-order valence-electron chi connectivity index (χ3n) is 2.70. The molecule has 1 aromatic rings. The molecular weight excluding hydrogens is 206 g/mol. The smallest absolute Gasteiger partial charge is 0.270 e. The molecule has 1 atom stereocenters. The predicted molar refractivity (Wildman–Crippen MR) is 60.2 cm³/mol. The fourth-order valence-corrected chi connectivity index (χ4v) is 1.79. The van der Waals surface area contributed by atoms with E-state index in [2.05, 4.69) is 22.5 Å². The minimum absolute atomic E-state index is 0.139. The molecule has 0 bridgehead atoms. The van der Waals surface area contributed by atoms with Gasteiger partial charge in [-0.05, 0) is 12.5 Å². The van der Waals surface area contributed by atoms with Crippen LogP contribution >= 0.6 is 0 Å². The van der Waals surface area contributed by atoms with E-state index in [1.54, 1.807) is 12.3 Å². The van der Waals surface area contributed by atoms with E-state index >= 15 is 0 Å². The minimum Gasteiger partial charge on any atom is -0.355 e. The summed E-state index contributed by atoms with van der Waals surface area (Å²) in [5.41, 5.74) is 0.980. The van der Waals surface area contributed by atoms with Crippen LogP contribution < -0.4 is 10.6 Å². The van der Waals surface area contributed by atoms with E-state index < -0.39 is 6.04 Å². The number of unbranched alkanes of at least 4 members (excludes halogenated alkanes) is 1. The maximum Gasteiger partial charge on any atom is 0.270 e. The first-order valence-electron chi connectivity index (χ1n) is 5.51. The summed E-state index contributed by atoms with van der Waals surface area (Å²) in [6, 6.07) is 1.27. The number of hydrogen-bond acceptors (Lipinski definition) is 2. The van der Waals surface area contributed by atoms with Gasteiger partial charge in [0.2, 0.25) is 5.91 Å². The van der Waals surface area contributed by atoms with Gasteiger partial charge in [-0.1, -0.05) is 19.8 Å². The Kier molecular flexibility index (Phi) is 2.94. The van der Waals surface area contributed by atoms with Gasteiger partial charge in [0.15, 0.2) is 0 Å². The number of carbonyl (C=O) groups excluding carboxylic acids is 2. The number of fused-ring (bicyclic) bond motifs is 1. The zero-order valence-electron chi connectivity index (χ0n) is 9.17. The number of hydrogen-bond donors (Lipinski definition) is 3. The first-order chi connectivity index (χ1) is 7.72. The van der Waals surface area contributed by atoms with Gasteiger partial charge in [0.1, 0.15) is 11.7 Å². The summed E-state index contributed by atoms with van der Waals surface area (Å²) in [5, 5.41) is 5.46. The van der Waals surface area contributed by atoms with Crippen LogP contribution in [-0.2, 0) is 4.79 Å². The van der Waals surface area contributed by atoms with Crippen molar-refractivity contribution < 1.29 is 9.59 Å². The second-order valence-electron chi connectivity index (χ2n) is 3.92. The van der Waals surface area contributed by atoms with E-state index in [9.17, 15) is 9.59 Å². The van der Waals surface area contributed by atoms with Crippen LogP contribution in [0.4, 0.5) is 5.69 Å². The lowest BCUT2D eigenvalue weighted by molar-refractivity contribution is -0.118. The number of aromatic nitrogens is 1. The molecular formula is C11H15N3O2. The predicted octanol–water partition coefficient (Wildman–Crippen LogP) is 1.26. The van der Waals surface area contributed by atoms with Crippen LogP contribution in [-0.4, -0.2) is 22.8 Å². The molecule has 0 aromatic carbocycles. The summed E-state index contributed by atoms with van der Waals surface area (Å²) in [6.45, 7) is 2.05. The zero-order chi connectivity index (χ0) is 11.5. The SMILES string of the molecule is CCCCC1NC(=O)c2[nH]ccc2NC1=O. The number of carbonyl (C=O) groups is 2. The molecule has 2 heterocycles. The summed E-state index contributed by atoms with van der Waals surface area (Å²) >= 11 is 0. The lowest BCUT2D eigenvalue weighted by atomic mass is 10.1. The highest BCUT2D eigenvalue weighted by molar-refractivity contribution is 6.08. The quantitative estimate of drug-likeness (QED) is 0.718. The minimum atomic E-state index is -0.423. The molecule has 0 spiro atoms. The molecule has 3 N–H and O–H groups in total. The van der Waals surface area contributed by atoms with Crippen molar-refractivity contribution in [3.8, 4) is 0 Å². The maximum absolute atomic E-state index is 11.8. The van der Waals surface area contributed by atoms with Crippen LogP contribution in [0.2, 0.25) is 0 Å². The second kappa shape index (κ2) is 4.38. The van der Waals surface area contributed by atoms with Gasteiger partial charge in [0, 0.05) is 6.20 Å². The van der Waals surface area contributed by atoms with Crippen LogP contribution in [0.5, 0.6) is 0 Å². The van der Waals surface area contributed by atoms with Gasteiger partial charge in [-0.2, -0.15) is 0 Å². The van der Waals surface area contributed by atoms with E-state index in [1.165, 1.54) is 0 Å². The van der Waals surface area contributed by atoms with Crippen LogP contribution in [0, 0.1) is 0 Å². The van der Waals surface area contributed by atoms with Gasteiger partial charge >= 0.3 is 0 Å². The van der Waals surface area contributed by atoms with Crippen molar-refractivity contribution in [2.24, 2.45) is 0 Å². The zero-order valence-corrected chi connectivity index (χ0v) is 9.17. The largest absolute Gasteiger partial charge is 0.355 e. The summed E-state index contributed by atoms with van der Waals surface area (Å²) in [5.74, 6) is -0.361. The molecule has 2 rings (SSSR count). The Hall–Kier alpha value is -1.78. The molecule has 0 radical (unpaired) electrons. The Morgan fingerprint density at radius 3 is 2.94 bits per heavy atom. The number of aromatic amines is 1. The fourth-order valence-electron chi connectivity index (χ4n) is 1.79. The van der Waals surface area contributed by atoms with Gasteiger partial charge in [-0.15, -0.1) is 0 Å². The van der Waals surface area contributed by atoms with E-state index in [4.69, 9.17) is 0 Å². The van der Waals surface area contributed by atoms with E-state index in [1.807, 2.05) is 0 Å². The maximum atomic E-state index is 11.8.